The predicted octanol–water partition coefficient (Wildman–Crippen LogP) is 4.20. The van der Waals surface area contributed by atoms with Crippen molar-refractivity contribution >= 4 is 23.4 Å². The number of halogens is 1. The van der Waals surface area contributed by atoms with Gasteiger partial charge in [-0.05, 0) is 49.6 Å². The van der Waals surface area contributed by atoms with Gasteiger partial charge in [-0.15, -0.1) is 0 Å². The monoisotopic (exact) mass is 425 g/mol. The second kappa shape index (κ2) is 9.55. The lowest BCUT2D eigenvalue weighted by atomic mass is 9.94. The molecule has 0 bridgehead atoms. The van der Waals surface area contributed by atoms with Crippen molar-refractivity contribution < 1.29 is 29.0 Å². The second-order valence-corrected chi connectivity index (χ2v) is 7.61. The highest BCUT2D eigenvalue weighted by Gasteiger charge is 2.45. The van der Waals surface area contributed by atoms with E-state index in [-0.39, 0.29) is 29.9 Å². The highest BCUT2D eigenvalue weighted by atomic mass is 19.1. The van der Waals surface area contributed by atoms with Gasteiger partial charge in [-0.25, -0.2) is 4.39 Å². The first-order valence-electron chi connectivity index (χ1n) is 10.1. The van der Waals surface area contributed by atoms with E-state index in [1.165, 1.54) is 29.2 Å². The molecule has 1 aliphatic heterocycles. The Kier molecular flexibility index (Phi) is 6.84. The van der Waals surface area contributed by atoms with Crippen LogP contribution in [-0.4, -0.2) is 39.3 Å². The van der Waals surface area contributed by atoms with E-state index in [9.17, 15) is 23.9 Å². The van der Waals surface area contributed by atoms with Crippen LogP contribution in [0.3, 0.4) is 0 Å². The predicted molar refractivity (Wildman–Crippen MR) is 113 cm³/mol. The zero-order chi connectivity index (χ0) is 22.5. The van der Waals surface area contributed by atoms with Crippen LogP contribution in [0.15, 0.2) is 54.1 Å². The summed E-state index contributed by atoms with van der Waals surface area (Å²) in [5.41, 5.74) is 1.90. The van der Waals surface area contributed by atoms with Crippen molar-refractivity contribution in [2.75, 3.05) is 6.54 Å². The number of hydrogen-bond acceptors (Lipinski definition) is 4. The maximum atomic E-state index is 13.3. The first kappa shape index (κ1) is 22.2. The van der Waals surface area contributed by atoms with Gasteiger partial charge in [-0.2, -0.15) is 0 Å². The topological polar surface area (TPSA) is 94.9 Å². The normalized spacial score (nSPS) is 17.9. The molecule has 1 saturated heterocycles. The molecule has 0 saturated carbocycles. The van der Waals surface area contributed by atoms with E-state index in [1.54, 1.807) is 12.1 Å². The molecule has 0 aromatic heterocycles. The molecule has 3 rings (SSSR count). The summed E-state index contributed by atoms with van der Waals surface area (Å²) in [6.45, 7) is 2.17. The number of aliphatic hydroxyl groups excluding tert-OH is 1. The van der Waals surface area contributed by atoms with E-state index in [0.29, 0.717) is 24.8 Å². The largest absolute Gasteiger partial charge is 0.507 e. The van der Waals surface area contributed by atoms with Gasteiger partial charge in [0, 0.05) is 18.5 Å². The Morgan fingerprint density at radius 2 is 1.61 bits per heavy atom. The molecule has 31 heavy (non-hydrogen) atoms. The number of carboxylic acid groups (broad SMARTS) is 1. The molecule has 1 heterocycles. The molecule has 2 N–H and O–H groups in total. The molecule has 2 aromatic carbocycles. The van der Waals surface area contributed by atoms with Crippen molar-refractivity contribution in [3.8, 4) is 0 Å². The molecule has 1 amide bonds. The van der Waals surface area contributed by atoms with Crippen LogP contribution in [0.2, 0.25) is 0 Å². The van der Waals surface area contributed by atoms with Gasteiger partial charge in [0.1, 0.15) is 11.6 Å². The van der Waals surface area contributed by atoms with Crippen LogP contribution in [0.1, 0.15) is 48.4 Å². The number of amides is 1. The van der Waals surface area contributed by atoms with Crippen LogP contribution < -0.4 is 0 Å². The Morgan fingerprint density at radius 3 is 2.23 bits per heavy atom. The van der Waals surface area contributed by atoms with Crippen molar-refractivity contribution in [2.45, 2.75) is 38.6 Å². The van der Waals surface area contributed by atoms with Crippen molar-refractivity contribution in [3.05, 3.63) is 76.6 Å². The SMILES string of the molecule is Cc1ccc(C2/C(=C(\O)c3ccc(F)cc3)C(=O)C(=O)N2CCCCCC(=O)O)cc1. The van der Waals surface area contributed by atoms with Gasteiger partial charge in [0.15, 0.2) is 0 Å². The summed E-state index contributed by atoms with van der Waals surface area (Å²) in [5, 5.41) is 19.6. The lowest BCUT2D eigenvalue weighted by molar-refractivity contribution is -0.140. The van der Waals surface area contributed by atoms with Crippen LogP contribution in [0.25, 0.3) is 5.76 Å². The summed E-state index contributed by atoms with van der Waals surface area (Å²) in [7, 11) is 0. The van der Waals surface area contributed by atoms with Crippen molar-refractivity contribution in [1.82, 2.24) is 4.90 Å². The number of aliphatic hydroxyl groups is 1. The zero-order valence-corrected chi connectivity index (χ0v) is 17.2. The number of Topliss-reactive ketones (excluding diaryl/α,β-unsaturated/α-hetero) is 1. The van der Waals surface area contributed by atoms with E-state index in [2.05, 4.69) is 0 Å². The smallest absolute Gasteiger partial charge is 0.303 e. The minimum absolute atomic E-state index is 0.0361. The molecule has 7 heteroatoms. The Hall–Kier alpha value is -3.48. The third-order valence-electron chi connectivity index (χ3n) is 5.34. The number of benzene rings is 2. The molecule has 1 fully saturated rings. The molecule has 162 valence electrons. The van der Waals surface area contributed by atoms with Crippen LogP contribution in [0.5, 0.6) is 0 Å². The summed E-state index contributed by atoms with van der Waals surface area (Å²) in [4.78, 5) is 37.8. The number of aliphatic carboxylic acids is 1. The standard InChI is InChI=1S/C24H24FNO5/c1-15-6-8-16(9-7-15)21-20(22(29)17-10-12-18(25)13-11-17)23(30)24(31)26(21)14-4-2-3-5-19(27)28/h6-13,21,29H,2-5,14H2,1H3,(H,27,28)/b22-20+. The number of likely N-dealkylation sites (tertiary alicyclic amines) is 1. The number of rotatable bonds is 8. The van der Waals surface area contributed by atoms with E-state index < -0.39 is 29.5 Å². The molecule has 2 aromatic rings. The fourth-order valence-electron chi connectivity index (χ4n) is 3.70. The second-order valence-electron chi connectivity index (χ2n) is 7.61. The summed E-state index contributed by atoms with van der Waals surface area (Å²) >= 11 is 0. The van der Waals surface area contributed by atoms with Gasteiger partial charge >= 0.3 is 5.97 Å². The average Bonchev–Trinajstić information content (AvgIpc) is 2.99. The molecular weight excluding hydrogens is 401 g/mol. The highest BCUT2D eigenvalue weighted by Crippen LogP contribution is 2.39. The molecule has 0 aliphatic carbocycles. The fourth-order valence-corrected chi connectivity index (χ4v) is 3.70. The number of hydrogen-bond donors (Lipinski definition) is 2. The van der Waals surface area contributed by atoms with E-state index >= 15 is 0 Å². The van der Waals surface area contributed by atoms with Gasteiger partial charge in [0.25, 0.3) is 11.7 Å². The lowest BCUT2D eigenvalue weighted by Gasteiger charge is -2.25. The van der Waals surface area contributed by atoms with Gasteiger partial charge in [-0.1, -0.05) is 36.2 Å². The Balaban J connectivity index is 1.96. The molecule has 6 nitrogen and oxygen atoms in total. The van der Waals surface area contributed by atoms with Crippen molar-refractivity contribution in [2.24, 2.45) is 0 Å². The molecule has 1 aliphatic rings. The molecule has 1 unspecified atom stereocenters. The van der Waals surface area contributed by atoms with E-state index in [4.69, 9.17) is 5.11 Å². The first-order chi connectivity index (χ1) is 14.8. The number of aryl methyl sites for hydroxylation is 1. The fraction of sp³-hybridized carbons (Fsp3) is 0.292. The van der Waals surface area contributed by atoms with Gasteiger partial charge in [-0.3, -0.25) is 14.4 Å². The van der Waals surface area contributed by atoms with E-state index in [0.717, 1.165) is 5.56 Å². The summed E-state index contributed by atoms with van der Waals surface area (Å²) in [5.74, 6) is -3.21. The summed E-state index contributed by atoms with van der Waals surface area (Å²) < 4.78 is 13.3. The number of ketones is 1. The van der Waals surface area contributed by atoms with Crippen molar-refractivity contribution in [1.29, 1.82) is 0 Å². The van der Waals surface area contributed by atoms with Gasteiger partial charge in [0.2, 0.25) is 0 Å². The maximum Gasteiger partial charge on any atom is 0.303 e. The Labute approximate surface area is 179 Å². The van der Waals surface area contributed by atoms with Crippen LogP contribution in [-0.2, 0) is 14.4 Å². The number of carboxylic acids is 1. The highest BCUT2D eigenvalue weighted by molar-refractivity contribution is 6.46. The van der Waals surface area contributed by atoms with Crippen LogP contribution in [0.4, 0.5) is 4.39 Å². The van der Waals surface area contributed by atoms with Gasteiger partial charge < -0.3 is 15.1 Å². The molecular formula is C24H24FNO5. The average molecular weight is 425 g/mol. The van der Waals surface area contributed by atoms with Crippen molar-refractivity contribution in [3.63, 3.8) is 0 Å². The molecule has 0 spiro atoms. The third-order valence-corrected chi connectivity index (χ3v) is 5.34. The lowest BCUT2D eigenvalue weighted by Crippen LogP contribution is -2.30. The molecule has 0 radical (unpaired) electrons. The summed E-state index contributed by atoms with van der Waals surface area (Å²) in [6.07, 6.45) is 1.64. The number of unbranched alkanes of at least 4 members (excludes halogenated alkanes) is 2. The van der Waals surface area contributed by atoms with Gasteiger partial charge in [0.05, 0.1) is 11.6 Å². The number of nitrogens with zero attached hydrogens (tertiary/aromatic N) is 1. The minimum Gasteiger partial charge on any atom is -0.507 e. The zero-order valence-electron chi connectivity index (χ0n) is 17.2. The first-order valence-corrected chi connectivity index (χ1v) is 10.1. The number of carbonyl (C=O) groups excluding carboxylic acids is 2. The summed E-state index contributed by atoms with van der Waals surface area (Å²) in [6, 6.07) is 11.6. The number of carbonyl (C=O) groups is 3. The minimum atomic E-state index is -0.876. The third kappa shape index (κ3) is 4.99. The quantitative estimate of drug-likeness (QED) is 0.286. The maximum absolute atomic E-state index is 13.3. The molecule has 1 atom stereocenters. The Bertz CT molecular complexity index is 1010. The van der Waals surface area contributed by atoms with Crippen LogP contribution >= 0.6 is 0 Å². The Morgan fingerprint density at radius 1 is 0.968 bits per heavy atom. The van der Waals surface area contributed by atoms with Crippen LogP contribution in [0, 0.1) is 12.7 Å². The van der Waals surface area contributed by atoms with E-state index in [1.807, 2.05) is 19.1 Å².